The second-order valence-corrected chi connectivity index (χ2v) is 6.51. The van der Waals surface area contributed by atoms with Crippen molar-refractivity contribution in [1.82, 2.24) is 5.43 Å². The molecule has 3 N–H and O–H groups in total. The monoisotopic (exact) mass is 274 g/mol. The highest BCUT2D eigenvalue weighted by molar-refractivity contribution is 5.43. The molecular weight excluding hydrogens is 248 g/mol. The van der Waals surface area contributed by atoms with Crippen LogP contribution < -0.4 is 16.0 Å². The number of nitrogens with one attached hydrogen (secondary N) is 1. The summed E-state index contributed by atoms with van der Waals surface area (Å²) >= 11 is 0. The van der Waals surface area contributed by atoms with E-state index in [1.807, 2.05) is 0 Å². The summed E-state index contributed by atoms with van der Waals surface area (Å²) in [5, 5.41) is 0. The summed E-state index contributed by atoms with van der Waals surface area (Å²) in [6, 6.07) is 4.69. The number of benzene rings is 1. The van der Waals surface area contributed by atoms with E-state index in [-0.39, 0.29) is 0 Å². The molecule has 20 heavy (non-hydrogen) atoms. The van der Waals surface area contributed by atoms with Gasteiger partial charge in [0.15, 0.2) is 0 Å². The second-order valence-electron chi connectivity index (χ2n) is 6.51. The molecule has 0 aromatic heterocycles. The van der Waals surface area contributed by atoms with Crippen molar-refractivity contribution >= 4 is 0 Å². The van der Waals surface area contributed by atoms with Crippen molar-refractivity contribution in [3.05, 3.63) is 28.8 Å². The number of aryl methyl sites for hydroxylation is 2. The first-order valence-electron chi connectivity index (χ1n) is 7.78. The summed E-state index contributed by atoms with van der Waals surface area (Å²) in [5.74, 6) is 9.40. The minimum absolute atomic E-state index is 0.299. The summed E-state index contributed by atoms with van der Waals surface area (Å²) in [6.07, 6.45) is 5.58. The molecule has 110 valence electrons. The van der Waals surface area contributed by atoms with E-state index < -0.39 is 0 Å². The van der Waals surface area contributed by atoms with E-state index in [0.717, 1.165) is 23.5 Å². The van der Waals surface area contributed by atoms with Gasteiger partial charge in [-0.15, -0.1) is 0 Å². The average Bonchev–Trinajstić information content (AvgIpc) is 3.17. The van der Waals surface area contributed by atoms with Crippen LogP contribution in [0.4, 0.5) is 0 Å². The van der Waals surface area contributed by atoms with Crippen molar-refractivity contribution in [3.63, 3.8) is 0 Å². The minimum atomic E-state index is 0.299. The molecule has 0 heterocycles. The maximum absolute atomic E-state index is 5.91. The Balaban J connectivity index is 1.88. The van der Waals surface area contributed by atoms with Gasteiger partial charge in [-0.1, -0.05) is 18.9 Å². The van der Waals surface area contributed by atoms with Crippen molar-refractivity contribution in [3.8, 4) is 5.75 Å². The Morgan fingerprint density at radius 2 is 1.80 bits per heavy atom. The Bertz CT molecular complexity index is 488. The van der Waals surface area contributed by atoms with Crippen LogP contribution in [0.25, 0.3) is 0 Å². The molecule has 1 aromatic rings. The number of fused-ring (bicyclic) bond motifs is 1. The predicted octanol–water partition coefficient (Wildman–Crippen LogP) is 3.25. The van der Waals surface area contributed by atoms with Crippen LogP contribution in [0, 0.1) is 31.6 Å². The highest BCUT2D eigenvalue weighted by atomic mass is 16.5. The van der Waals surface area contributed by atoms with Crippen molar-refractivity contribution in [2.24, 2.45) is 23.6 Å². The second kappa shape index (κ2) is 5.38. The van der Waals surface area contributed by atoms with Crippen LogP contribution in [0.2, 0.25) is 0 Å². The van der Waals surface area contributed by atoms with Gasteiger partial charge in [-0.2, -0.15) is 0 Å². The van der Waals surface area contributed by atoms with Gasteiger partial charge in [0.25, 0.3) is 0 Å². The van der Waals surface area contributed by atoms with Gasteiger partial charge in [0.2, 0.25) is 0 Å². The maximum Gasteiger partial charge on any atom is 0.122 e. The molecule has 1 aromatic carbocycles. The Labute approximate surface area is 121 Å². The third-order valence-electron chi connectivity index (χ3n) is 5.41. The number of methoxy groups -OCH3 is 1. The van der Waals surface area contributed by atoms with Gasteiger partial charge in [-0.05, 0) is 67.2 Å². The largest absolute Gasteiger partial charge is 0.496 e. The minimum Gasteiger partial charge on any atom is -0.496 e. The number of hydrogen-bond donors (Lipinski definition) is 2. The fourth-order valence-electron chi connectivity index (χ4n) is 4.32. The molecule has 0 amide bonds. The first-order chi connectivity index (χ1) is 9.67. The lowest BCUT2D eigenvalue weighted by molar-refractivity contribution is 0.409. The molecule has 2 fully saturated rings. The Kier molecular flexibility index (Phi) is 3.74. The Hall–Kier alpha value is -1.06. The lowest BCUT2D eigenvalue weighted by atomic mass is 9.94. The zero-order valence-corrected chi connectivity index (χ0v) is 12.8. The van der Waals surface area contributed by atoms with E-state index in [1.165, 1.54) is 42.4 Å². The summed E-state index contributed by atoms with van der Waals surface area (Å²) < 4.78 is 5.41. The quantitative estimate of drug-likeness (QED) is 0.654. The van der Waals surface area contributed by atoms with E-state index in [1.54, 1.807) is 7.11 Å². The van der Waals surface area contributed by atoms with Gasteiger partial charge < -0.3 is 4.74 Å². The molecule has 0 saturated heterocycles. The summed E-state index contributed by atoms with van der Waals surface area (Å²) in [4.78, 5) is 0. The average molecular weight is 274 g/mol. The molecule has 3 atom stereocenters. The van der Waals surface area contributed by atoms with E-state index in [4.69, 9.17) is 10.6 Å². The summed E-state index contributed by atoms with van der Waals surface area (Å²) in [6.45, 7) is 4.27. The molecule has 2 saturated carbocycles. The highest BCUT2D eigenvalue weighted by Crippen LogP contribution is 2.60. The maximum atomic E-state index is 5.91. The summed E-state index contributed by atoms with van der Waals surface area (Å²) in [5.41, 5.74) is 6.92. The molecule has 0 spiro atoms. The first-order valence-corrected chi connectivity index (χ1v) is 7.78. The molecule has 2 aliphatic rings. The van der Waals surface area contributed by atoms with Crippen LogP contribution in [0.1, 0.15) is 48.4 Å². The lowest BCUT2D eigenvalue weighted by Crippen LogP contribution is -2.31. The molecule has 3 rings (SSSR count). The molecule has 0 radical (unpaired) electrons. The zero-order valence-electron chi connectivity index (χ0n) is 12.8. The number of nitrogens with two attached hydrogens (primary N) is 1. The van der Waals surface area contributed by atoms with Crippen molar-refractivity contribution < 1.29 is 4.74 Å². The van der Waals surface area contributed by atoms with Crippen LogP contribution >= 0.6 is 0 Å². The van der Waals surface area contributed by atoms with Crippen LogP contribution in [-0.4, -0.2) is 7.11 Å². The molecular formula is C17H26N2O. The van der Waals surface area contributed by atoms with Gasteiger partial charge in [0, 0.05) is 6.04 Å². The SMILES string of the molecule is COc1cc(C)c(C(NN)C2C3CCCCC32)cc1C. The topological polar surface area (TPSA) is 47.3 Å². The lowest BCUT2D eigenvalue weighted by Gasteiger charge is -2.21. The van der Waals surface area contributed by atoms with Crippen LogP contribution in [0.3, 0.4) is 0 Å². The van der Waals surface area contributed by atoms with Gasteiger partial charge in [-0.3, -0.25) is 11.3 Å². The first kappa shape index (κ1) is 13.9. The van der Waals surface area contributed by atoms with Crippen LogP contribution in [-0.2, 0) is 0 Å². The normalized spacial score (nSPS) is 29.7. The predicted molar refractivity (Wildman–Crippen MR) is 81.5 cm³/mol. The van der Waals surface area contributed by atoms with Crippen LogP contribution in [0.15, 0.2) is 12.1 Å². The van der Waals surface area contributed by atoms with Gasteiger partial charge in [0.05, 0.1) is 7.11 Å². The third kappa shape index (κ3) is 2.23. The standard InChI is InChI=1S/C17H26N2O/c1-10-9-15(20-3)11(2)8-14(10)17(19-18)16-12-6-4-5-7-13(12)16/h8-9,12-13,16-17,19H,4-7,18H2,1-3H3. The number of hydrogen-bond acceptors (Lipinski definition) is 3. The fraction of sp³-hybridized carbons (Fsp3) is 0.647. The highest BCUT2D eigenvalue weighted by Gasteiger charge is 2.54. The van der Waals surface area contributed by atoms with Crippen molar-refractivity contribution in [2.75, 3.05) is 7.11 Å². The Morgan fingerprint density at radius 3 is 2.35 bits per heavy atom. The van der Waals surface area contributed by atoms with Gasteiger partial charge in [-0.25, -0.2) is 0 Å². The summed E-state index contributed by atoms with van der Waals surface area (Å²) in [7, 11) is 1.73. The van der Waals surface area contributed by atoms with Gasteiger partial charge in [0.1, 0.15) is 5.75 Å². The molecule has 0 bridgehead atoms. The smallest absolute Gasteiger partial charge is 0.122 e. The Morgan fingerprint density at radius 1 is 1.15 bits per heavy atom. The fourth-order valence-corrected chi connectivity index (χ4v) is 4.32. The zero-order chi connectivity index (χ0) is 14.3. The molecule has 3 nitrogen and oxygen atoms in total. The van der Waals surface area contributed by atoms with E-state index in [2.05, 4.69) is 31.4 Å². The van der Waals surface area contributed by atoms with Crippen molar-refractivity contribution in [2.45, 2.75) is 45.6 Å². The van der Waals surface area contributed by atoms with Crippen molar-refractivity contribution in [1.29, 1.82) is 0 Å². The number of ether oxygens (including phenoxy) is 1. The van der Waals surface area contributed by atoms with E-state index in [9.17, 15) is 0 Å². The van der Waals surface area contributed by atoms with Crippen LogP contribution in [0.5, 0.6) is 5.75 Å². The van der Waals surface area contributed by atoms with E-state index in [0.29, 0.717) is 6.04 Å². The number of rotatable bonds is 4. The molecule has 0 aliphatic heterocycles. The van der Waals surface area contributed by atoms with Gasteiger partial charge >= 0.3 is 0 Å². The third-order valence-corrected chi connectivity index (χ3v) is 5.41. The molecule has 3 unspecified atom stereocenters. The molecule has 3 heteroatoms. The van der Waals surface area contributed by atoms with E-state index >= 15 is 0 Å². The molecule has 2 aliphatic carbocycles. The number of hydrazine groups is 1.